The fourth-order valence-corrected chi connectivity index (χ4v) is 4.03. The molecule has 0 amide bonds. The molecule has 0 aliphatic rings. The van der Waals surface area contributed by atoms with Gasteiger partial charge in [0.1, 0.15) is 0 Å². The predicted octanol–water partition coefficient (Wildman–Crippen LogP) is 4.88. The van der Waals surface area contributed by atoms with Crippen LogP contribution in [0.15, 0.2) is 39.7 Å². The molecule has 0 N–H and O–H groups in total. The summed E-state index contributed by atoms with van der Waals surface area (Å²) in [7, 11) is 1.71. The van der Waals surface area contributed by atoms with Crippen molar-refractivity contribution in [3.8, 4) is 0 Å². The Kier molecular flexibility index (Phi) is 6.93. The number of aromatic nitrogens is 1. The molecular formula is C18H22BrNO2S. The van der Waals surface area contributed by atoms with Crippen molar-refractivity contribution in [2.75, 3.05) is 19.5 Å². The fraction of sp³-hybridized carbons (Fsp3) is 0.389. The van der Waals surface area contributed by atoms with E-state index in [1.807, 2.05) is 37.3 Å². The summed E-state index contributed by atoms with van der Waals surface area (Å²) >= 11 is 5.09. The summed E-state index contributed by atoms with van der Waals surface area (Å²) in [6.07, 6.45) is 0.951. The molecular weight excluding hydrogens is 374 g/mol. The highest BCUT2D eigenvalue weighted by molar-refractivity contribution is 9.10. The molecule has 23 heavy (non-hydrogen) atoms. The number of methoxy groups -OCH3 is 1. The van der Waals surface area contributed by atoms with Crippen LogP contribution in [-0.4, -0.2) is 29.8 Å². The van der Waals surface area contributed by atoms with Crippen molar-refractivity contribution in [1.82, 2.24) is 4.57 Å². The number of hydrogen-bond donors (Lipinski definition) is 0. The van der Waals surface area contributed by atoms with E-state index in [9.17, 15) is 4.79 Å². The molecule has 0 fully saturated rings. The maximum absolute atomic E-state index is 12.6. The molecule has 0 atom stereocenters. The molecule has 1 aromatic carbocycles. The molecule has 2 rings (SSSR count). The van der Waals surface area contributed by atoms with Gasteiger partial charge >= 0.3 is 0 Å². The van der Waals surface area contributed by atoms with Crippen LogP contribution in [0.4, 0.5) is 0 Å². The number of Topliss-reactive ketones (excluding diaryl/α,β-unsaturated/α-hetero) is 1. The largest absolute Gasteiger partial charge is 0.385 e. The topological polar surface area (TPSA) is 31.2 Å². The van der Waals surface area contributed by atoms with E-state index in [0.717, 1.165) is 45.9 Å². The van der Waals surface area contributed by atoms with E-state index in [-0.39, 0.29) is 5.78 Å². The van der Waals surface area contributed by atoms with Crippen LogP contribution in [-0.2, 0) is 11.3 Å². The van der Waals surface area contributed by atoms with Crippen molar-refractivity contribution in [2.24, 2.45) is 0 Å². The number of aryl methyl sites for hydroxylation is 1. The van der Waals surface area contributed by atoms with E-state index in [4.69, 9.17) is 4.74 Å². The van der Waals surface area contributed by atoms with Crippen LogP contribution in [0.2, 0.25) is 0 Å². The Bertz CT molecular complexity index is 682. The smallest absolute Gasteiger partial charge is 0.174 e. The van der Waals surface area contributed by atoms with Gasteiger partial charge in [-0.05, 0) is 54.4 Å². The van der Waals surface area contributed by atoms with E-state index in [2.05, 4.69) is 27.4 Å². The summed E-state index contributed by atoms with van der Waals surface area (Å²) in [5.41, 5.74) is 3.02. The molecule has 5 heteroatoms. The van der Waals surface area contributed by atoms with Crippen LogP contribution in [0.5, 0.6) is 0 Å². The van der Waals surface area contributed by atoms with Gasteiger partial charge < -0.3 is 9.30 Å². The molecule has 0 aliphatic carbocycles. The van der Waals surface area contributed by atoms with Crippen LogP contribution in [0.1, 0.15) is 28.2 Å². The van der Waals surface area contributed by atoms with E-state index < -0.39 is 0 Å². The lowest BCUT2D eigenvalue weighted by Gasteiger charge is -2.09. The number of carbonyl (C=O) groups excluding carboxylic acids is 1. The molecule has 0 bridgehead atoms. The first-order valence-corrected chi connectivity index (χ1v) is 9.38. The molecule has 1 aromatic heterocycles. The number of carbonyl (C=O) groups is 1. The molecule has 2 aromatic rings. The molecule has 0 unspecified atom stereocenters. The highest BCUT2D eigenvalue weighted by atomic mass is 79.9. The summed E-state index contributed by atoms with van der Waals surface area (Å²) in [6.45, 7) is 5.70. The van der Waals surface area contributed by atoms with Crippen molar-refractivity contribution < 1.29 is 9.53 Å². The molecule has 1 heterocycles. The Morgan fingerprint density at radius 2 is 2.04 bits per heavy atom. The minimum atomic E-state index is 0.178. The normalized spacial score (nSPS) is 11.0. The van der Waals surface area contributed by atoms with Crippen LogP contribution < -0.4 is 0 Å². The monoisotopic (exact) mass is 395 g/mol. The lowest BCUT2D eigenvalue weighted by atomic mass is 10.2. The van der Waals surface area contributed by atoms with Crippen LogP contribution in [0.3, 0.4) is 0 Å². The number of halogens is 1. The third-order valence-electron chi connectivity index (χ3n) is 3.80. The number of benzene rings is 1. The Labute approximate surface area is 150 Å². The predicted molar refractivity (Wildman–Crippen MR) is 99.6 cm³/mol. The lowest BCUT2D eigenvalue weighted by molar-refractivity contribution is 0.102. The van der Waals surface area contributed by atoms with E-state index in [1.165, 1.54) is 0 Å². The summed E-state index contributed by atoms with van der Waals surface area (Å²) in [6, 6.07) is 9.98. The van der Waals surface area contributed by atoms with Crippen LogP contribution in [0.25, 0.3) is 0 Å². The number of ether oxygens (including phenoxy) is 1. The maximum Gasteiger partial charge on any atom is 0.174 e. The first-order valence-electron chi connectivity index (χ1n) is 7.60. The van der Waals surface area contributed by atoms with Gasteiger partial charge in [0.05, 0.1) is 5.75 Å². The average Bonchev–Trinajstić information content (AvgIpc) is 2.82. The molecule has 3 nitrogen and oxygen atoms in total. The van der Waals surface area contributed by atoms with Gasteiger partial charge in [-0.2, -0.15) is 0 Å². The van der Waals surface area contributed by atoms with Crippen LogP contribution in [0, 0.1) is 13.8 Å². The molecule has 124 valence electrons. The molecule has 0 saturated heterocycles. The second-order valence-electron chi connectivity index (χ2n) is 5.43. The highest BCUT2D eigenvalue weighted by Gasteiger charge is 2.16. The van der Waals surface area contributed by atoms with Gasteiger partial charge in [0.15, 0.2) is 5.78 Å². The average molecular weight is 396 g/mol. The van der Waals surface area contributed by atoms with Gasteiger partial charge in [0, 0.05) is 46.6 Å². The summed E-state index contributed by atoms with van der Waals surface area (Å²) < 4.78 is 8.34. The second-order valence-corrected chi connectivity index (χ2v) is 7.30. The van der Waals surface area contributed by atoms with Gasteiger partial charge in [0.25, 0.3) is 0 Å². The lowest BCUT2D eigenvalue weighted by Crippen LogP contribution is -2.08. The summed E-state index contributed by atoms with van der Waals surface area (Å²) in [5, 5.41) is 0. The minimum Gasteiger partial charge on any atom is -0.385 e. The number of nitrogens with zero attached hydrogens (tertiary/aromatic N) is 1. The Hall–Kier alpha value is -1.04. The van der Waals surface area contributed by atoms with Crippen molar-refractivity contribution in [2.45, 2.75) is 31.7 Å². The van der Waals surface area contributed by atoms with Crippen molar-refractivity contribution >= 4 is 33.5 Å². The van der Waals surface area contributed by atoms with E-state index in [1.54, 1.807) is 18.9 Å². The number of ketones is 1. The molecule has 0 radical (unpaired) electrons. The van der Waals surface area contributed by atoms with Gasteiger partial charge in [-0.15, -0.1) is 11.8 Å². The zero-order valence-corrected chi connectivity index (χ0v) is 16.2. The first kappa shape index (κ1) is 18.3. The quantitative estimate of drug-likeness (QED) is 0.362. The number of thioether (sulfide) groups is 1. The standard InChI is InChI=1S/C18H22BrNO2S/c1-13-11-15(14(2)20(13)9-6-10-22-3)17(21)12-23-18-8-5-4-7-16(18)19/h4-5,7-8,11H,6,9-10,12H2,1-3H3. The SMILES string of the molecule is COCCCn1c(C)cc(C(=O)CSc2ccccc2Br)c1C. The molecule has 0 saturated carbocycles. The maximum atomic E-state index is 12.6. The molecule has 0 aliphatic heterocycles. The Balaban J connectivity index is 2.05. The second kappa shape index (κ2) is 8.71. The van der Waals surface area contributed by atoms with E-state index in [0.29, 0.717) is 5.75 Å². The van der Waals surface area contributed by atoms with Crippen molar-refractivity contribution in [1.29, 1.82) is 0 Å². The van der Waals surface area contributed by atoms with Gasteiger partial charge in [-0.25, -0.2) is 0 Å². The number of rotatable bonds is 8. The third kappa shape index (κ3) is 4.72. The van der Waals surface area contributed by atoms with Gasteiger partial charge in [-0.3, -0.25) is 4.79 Å². The zero-order valence-electron chi connectivity index (χ0n) is 13.8. The summed E-state index contributed by atoms with van der Waals surface area (Å²) in [4.78, 5) is 13.7. The van der Waals surface area contributed by atoms with Crippen molar-refractivity contribution in [3.63, 3.8) is 0 Å². The van der Waals surface area contributed by atoms with Crippen LogP contribution >= 0.6 is 27.7 Å². The number of hydrogen-bond acceptors (Lipinski definition) is 3. The van der Waals surface area contributed by atoms with Crippen molar-refractivity contribution in [3.05, 3.63) is 51.8 Å². The van der Waals surface area contributed by atoms with E-state index >= 15 is 0 Å². The minimum absolute atomic E-state index is 0.178. The summed E-state index contributed by atoms with van der Waals surface area (Å²) in [5.74, 6) is 0.627. The zero-order chi connectivity index (χ0) is 16.8. The Morgan fingerprint density at radius 1 is 1.30 bits per heavy atom. The van der Waals surface area contributed by atoms with Gasteiger partial charge in [-0.1, -0.05) is 12.1 Å². The first-order chi connectivity index (χ1) is 11.0. The third-order valence-corrected chi connectivity index (χ3v) is 5.83. The highest BCUT2D eigenvalue weighted by Crippen LogP contribution is 2.28. The van der Waals surface area contributed by atoms with Gasteiger partial charge in [0.2, 0.25) is 0 Å². The fourth-order valence-electron chi connectivity index (χ4n) is 2.58. The molecule has 0 spiro atoms. The Morgan fingerprint density at radius 3 is 2.74 bits per heavy atom.